The molecule has 1 aliphatic rings. The van der Waals surface area contributed by atoms with Crippen LogP contribution in [0.5, 0.6) is 0 Å². The molecule has 76 valence electrons. The molecule has 0 atom stereocenters. The zero-order valence-electron chi connectivity index (χ0n) is 8.63. The molecule has 0 aliphatic carbocycles. The Morgan fingerprint density at radius 2 is 2.29 bits per heavy atom. The Morgan fingerprint density at radius 1 is 1.50 bits per heavy atom. The number of rotatable bonds is 1. The van der Waals surface area contributed by atoms with E-state index in [0.717, 1.165) is 18.7 Å². The lowest BCUT2D eigenvalue weighted by molar-refractivity contribution is 0.515. The van der Waals surface area contributed by atoms with Crippen LogP contribution in [0.1, 0.15) is 26.7 Å². The van der Waals surface area contributed by atoms with Gasteiger partial charge in [-0.3, -0.25) is 0 Å². The summed E-state index contributed by atoms with van der Waals surface area (Å²) in [6.45, 7) is 5.40. The van der Waals surface area contributed by atoms with Crippen molar-refractivity contribution in [2.75, 3.05) is 11.4 Å². The summed E-state index contributed by atoms with van der Waals surface area (Å²) in [5, 5.41) is 0. The van der Waals surface area contributed by atoms with E-state index in [0.29, 0.717) is 0 Å². The average Bonchev–Trinajstić information content (AvgIpc) is 2.45. The number of aromatic nitrogens is 1. The molecule has 0 unspecified atom stereocenters. The summed E-state index contributed by atoms with van der Waals surface area (Å²) in [5.74, 6) is -0.398. The number of halogens is 1. The van der Waals surface area contributed by atoms with Crippen LogP contribution >= 0.6 is 0 Å². The predicted molar refractivity (Wildman–Crippen MR) is 54.9 cm³/mol. The van der Waals surface area contributed by atoms with Crippen molar-refractivity contribution >= 4 is 5.69 Å². The molecular formula is C11H15FN2. The number of hydrogen-bond acceptors (Lipinski definition) is 2. The average molecular weight is 194 g/mol. The summed E-state index contributed by atoms with van der Waals surface area (Å²) < 4.78 is 12.9. The standard InChI is InChI=1S/C11H15FN2/c1-11(2)5-3-7-14(11)9-4-6-13-10(12)8-9/h4,6,8H,3,5,7H2,1-2H3. The second-order valence-corrected chi connectivity index (χ2v) is 4.40. The fraction of sp³-hybridized carbons (Fsp3) is 0.545. The van der Waals surface area contributed by atoms with Gasteiger partial charge in [0.05, 0.1) is 0 Å². The van der Waals surface area contributed by atoms with Gasteiger partial charge in [0.25, 0.3) is 0 Å². The summed E-state index contributed by atoms with van der Waals surface area (Å²) in [4.78, 5) is 5.81. The van der Waals surface area contributed by atoms with Crippen molar-refractivity contribution < 1.29 is 4.39 Å². The van der Waals surface area contributed by atoms with E-state index >= 15 is 0 Å². The molecule has 2 rings (SSSR count). The van der Waals surface area contributed by atoms with Crippen LogP contribution in [0.15, 0.2) is 18.3 Å². The molecule has 1 aromatic rings. The topological polar surface area (TPSA) is 16.1 Å². The predicted octanol–water partition coefficient (Wildman–Crippen LogP) is 2.60. The van der Waals surface area contributed by atoms with Crippen LogP contribution in [0.25, 0.3) is 0 Å². The molecule has 0 radical (unpaired) electrons. The lowest BCUT2D eigenvalue weighted by Gasteiger charge is -2.33. The van der Waals surface area contributed by atoms with E-state index in [1.54, 1.807) is 0 Å². The molecule has 1 aliphatic heterocycles. The second-order valence-electron chi connectivity index (χ2n) is 4.40. The molecule has 1 aromatic heterocycles. The molecule has 1 fully saturated rings. The number of pyridine rings is 1. The smallest absolute Gasteiger partial charge is 0.214 e. The molecule has 0 bridgehead atoms. The van der Waals surface area contributed by atoms with Crippen molar-refractivity contribution in [3.63, 3.8) is 0 Å². The summed E-state index contributed by atoms with van der Waals surface area (Å²) in [6.07, 6.45) is 3.87. The van der Waals surface area contributed by atoms with Gasteiger partial charge in [-0.1, -0.05) is 0 Å². The molecule has 3 heteroatoms. The number of anilines is 1. The first-order valence-corrected chi connectivity index (χ1v) is 4.99. The fourth-order valence-corrected chi connectivity index (χ4v) is 2.15. The molecule has 0 N–H and O–H groups in total. The Morgan fingerprint density at radius 3 is 2.86 bits per heavy atom. The maximum atomic E-state index is 12.9. The minimum absolute atomic E-state index is 0.147. The summed E-state index contributed by atoms with van der Waals surface area (Å²) in [5.41, 5.74) is 1.09. The van der Waals surface area contributed by atoms with Gasteiger partial charge in [-0.15, -0.1) is 0 Å². The fourth-order valence-electron chi connectivity index (χ4n) is 2.15. The summed E-state index contributed by atoms with van der Waals surface area (Å²) >= 11 is 0. The Balaban J connectivity index is 2.31. The van der Waals surface area contributed by atoms with Crippen LogP contribution in [0.2, 0.25) is 0 Å². The van der Waals surface area contributed by atoms with Crippen LogP contribution in [0.3, 0.4) is 0 Å². The van der Waals surface area contributed by atoms with Gasteiger partial charge in [-0.05, 0) is 32.8 Å². The van der Waals surface area contributed by atoms with Gasteiger partial charge in [-0.25, -0.2) is 4.98 Å². The van der Waals surface area contributed by atoms with Gasteiger partial charge in [0.2, 0.25) is 5.95 Å². The third-order valence-electron chi connectivity index (χ3n) is 2.92. The molecule has 0 aromatic carbocycles. The first-order valence-electron chi connectivity index (χ1n) is 4.99. The minimum Gasteiger partial charge on any atom is -0.366 e. The third kappa shape index (κ3) is 1.59. The molecule has 0 saturated carbocycles. The van der Waals surface area contributed by atoms with E-state index in [9.17, 15) is 4.39 Å². The second kappa shape index (κ2) is 3.23. The van der Waals surface area contributed by atoms with Crippen LogP contribution in [-0.4, -0.2) is 17.1 Å². The van der Waals surface area contributed by atoms with Gasteiger partial charge in [0.15, 0.2) is 0 Å². The monoisotopic (exact) mass is 194 g/mol. The molecular weight excluding hydrogens is 179 g/mol. The minimum atomic E-state index is -0.398. The molecule has 2 heterocycles. The van der Waals surface area contributed by atoms with E-state index in [1.807, 2.05) is 6.07 Å². The van der Waals surface area contributed by atoms with E-state index in [1.165, 1.54) is 18.7 Å². The SMILES string of the molecule is CC1(C)CCCN1c1ccnc(F)c1. The van der Waals surface area contributed by atoms with Crippen molar-refractivity contribution in [3.05, 3.63) is 24.3 Å². The Bertz CT molecular complexity index is 336. The normalized spacial score (nSPS) is 20.1. The number of hydrogen-bond donors (Lipinski definition) is 0. The molecule has 0 spiro atoms. The van der Waals surface area contributed by atoms with Crippen LogP contribution in [0, 0.1) is 5.95 Å². The highest BCUT2D eigenvalue weighted by atomic mass is 19.1. The summed E-state index contributed by atoms with van der Waals surface area (Å²) in [7, 11) is 0. The molecule has 14 heavy (non-hydrogen) atoms. The molecule has 1 saturated heterocycles. The lowest BCUT2D eigenvalue weighted by Crippen LogP contribution is -2.38. The van der Waals surface area contributed by atoms with Gasteiger partial charge in [0, 0.05) is 30.0 Å². The number of nitrogens with zero attached hydrogens (tertiary/aromatic N) is 2. The van der Waals surface area contributed by atoms with E-state index in [4.69, 9.17) is 0 Å². The maximum Gasteiger partial charge on any atom is 0.214 e. The van der Waals surface area contributed by atoms with E-state index < -0.39 is 5.95 Å². The van der Waals surface area contributed by atoms with Crippen LogP contribution in [0.4, 0.5) is 10.1 Å². The van der Waals surface area contributed by atoms with Gasteiger partial charge >= 0.3 is 0 Å². The highest BCUT2D eigenvalue weighted by molar-refractivity contribution is 5.48. The molecule has 2 nitrogen and oxygen atoms in total. The highest BCUT2D eigenvalue weighted by Crippen LogP contribution is 2.33. The Labute approximate surface area is 83.8 Å². The van der Waals surface area contributed by atoms with Crippen LogP contribution in [-0.2, 0) is 0 Å². The zero-order chi connectivity index (χ0) is 10.2. The Hall–Kier alpha value is -1.12. The van der Waals surface area contributed by atoms with Crippen molar-refractivity contribution in [3.8, 4) is 0 Å². The molecule has 0 amide bonds. The largest absolute Gasteiger partial charge is 0.366 e. The third-order valence-corrected chi connectivity index (χ3v) is 2.92. The van der Waals surface area contributed by atoms with Crippen molar-refractivity contribution in [2.24, 2.45) is 0 Å². The van der Waals surface area contributed by atoms with Crippen molar-refractivity contribution in [1.29, 1.82) is 0 Å². The van der Waals surface area contributed by atoms with Crippen molar-refractivity contribution in [2.45, 2.75) is 32.2 Å². The first-order chi connectivity index (χ1) is 6.59. The van der Waals surface area contributed by atoms with Gasteiger partial charge in [-0.2, -0.15) is 4.39 Å². The maximum absolute atomic E-state index is 12.9. The first kappa shape index (κ1) is 9.44. The van der Waals surface area contributed by atoms with E-state index in [2.05, 4.69) is 23.7 Å². The van der Waals surface area contributed by atoms with Crippen molar-refractivity contribution in [1.82, 2.24) is 4.98 Å². The lowest BCUT2D eigenvalue weighted by atomic mass is 10.0. The zero-order valence-corrected chi connectivity index (χ0v) is 8.63. The highest BCUT2D eigenvalue weighted by Gasteiger charge is 2.31. The summed E-state index contributed by atoms with van der Waals surface area (Å²) in [6, 6.07) is 3.38. The van der Waals surface area contributed by atoms with Crippen LogP contribution < -0.4 is 4.90 Å². The van der Waals surface area contributed by atoms with E-state index in [-0.39, 0.29) is 5.54 Å². The van der Waals surface area contributed by atoms with Gasteiger partial charge < -0.3 is 4.90 Å². The Kier molecular flexibility index (Phi) is 2.17. The van der Waals surface area contributed by atoms with Gasteiger partial charge in [0.1, 0.15) is 0 Å². The quantitative estimate of drug-likeness (QED) is 0.639.